The van der Waals surface area contributed by atoms with Crippen molar-refractivity contribution in [2.75, 3.05) is 0 Å². The fourth-order valence-corrected chi connectivity index (χ4v) is 2.74. The zero-order chi connectivity index (χ0) is 14.8. The molecule has 0 aliphatic heterocycles. The Balaban J connectivity index is 1.94. The third-order valence-electron chi connectivity index (χ3n) is 3.20. The van der Waals surface area contributed by atoms with Crippen LogP contribution in [0.25, 0.3) is 11.0 Å². The number of aryl methyl sites for hydroxylation is 1. The monoisotopic (exact) mass is 299 g/mol. The first-order valence-electron chi connectivity index (χ1n) is 6.43. The van der Waals surface area contributed by atoms with Gasteiger partial charge in [0.25, 0.3) is 11.5 Å². The van der Waals surface area contributed by atoms with Gasteiger partial charge in [-0.05, 0) is 23.6 Å². The van der Waals surface area contributed by atoms with Gasteiger partial charge in [0, 0.05) is 11.9 Å². The molecule has 0 saturated carbocycles. The molecular formula is C15H13N3O2S. The Morgan fingerprint density at radius 3 is 2.86 bits per heavy atom. The van der Waals surface area contributed by atoms with Crippen molar-refractivity contribution in [2.45, 2.75) is 6.54 Å². The van der Waals surface area contributed by atoms with Gasteiger partial charge in [-0.15, -0.1) is 11.3 Å². The maximum absolute atomic E-state index is 12.2. The van der Waals surface area contributed by atoms with E-state index in [1.165, 1.54) is 4.57 Å². The summed E-state index contributed by atoms with van der Waals surface area (Å²) in [7, 11) is 1.64. The number of benzene rings is 1. The molecule has 0 aliphatic carbocycles. The predicted molar refractivity (Wildman–Crippen MR) is 82.5 cm³/mol. The number of hydrogen-bond donors (Lipinski definition) is 1. The maximum Gasteiger partial charge on any atom is 0.282 e. The third kappa shape index (κ3) is 2.57. The second kappa shape index (κ2) is 5.49. The number of thiophene rings is 1. The van der Waals surface area contributed by atoms with Crippen molar-refractivity contribution in [1.29, 1.82) is 0 Å². The largest absolute Gasteiger partial charge is 0.346 e. The summed E-state index contributed by atoms with van der Waals surface area (Å²) in [6, 6.07) is 11.1. The third-order valence-corrected chi connectivity index (χ3v) is 4.08. The zero-order valence-electron chi connectivity index (χ0n) is 11.4. The van der Waals surface area contributed by atoms with Crippen LogP contribution < -0.4 is 10.9 Å². The van der Waals surface area contributed by atoms with Gasteiger partial charge in [-0.25, -0.2) is 4.98 Å². The molecule has 0 aliphatic rings. The van der Waals surface area contributed by atoms with E-state index in [-0.39, 0.29) is 5.69 Å². The maximum atomic E-state index is 12.2. The van der Waals surface area contributed by atoms with Crippen molar-refractivity contribution in [2.24, 2.45) is 7.05 Å². The summed E-state index contributed by atoms with van der Waals surface area (Å²) in [6.07, 6.45) is 0. The van der Waals surface area contributed by atoms with Gasteiger partial charge in [0.05, 0.1) is 17.6 Å². The number of rotatable bonds is 3. The molecule has 2 heterocycles. The van der Waals surface area contributed by atoms with Crippen molar-refractivity contribution >= 4 is 28.3 Å². The summed E-state index contributed by atoms with van der Waals surface area (Å²) in [6.45, 7) is 0.397. The standard InChI is InChI=1S/C15H13N3O2S/c1-18-12-7-3-2-6-11(12)17-13(15(18)20)14(19)16-9-10-5-4-8-21-10/h2-8H,9H2,1H3,(H,16,19). The van der Waals surface area contributed by atoms with Crippen molar-refractivity contribution in [3.63, 3.8) is 0 Å². The molecule has 3 aromatic rings. The number of carbonyl (C=O) groups excluding carboxylic acids is 1. The number of nitrogens with zero attached hydrogens (tertiary/aromatic N) is 2. The first-order valence-corrected chi connectivity index (χ1v) is 7.31. The first kappa shape index (κ1) is 13.5. The van der Waals surface area contributed by atoms with Gasteiger partial charge in [-0.3, -0.25) is 9.59 Å². The van der Waals surface area contributed by atoms with Crippen molar-refractivity contribution in [3.05, 3.63) is 62.7 Å². The highest BCUT2D eigenvalue weighted by molar-refractivity contribution is 7.09. The van der Waals surface area contributed by atoms with Crippen LogP contribution >= 0.6 is 11.3 Å². The van der Waals surface area contributed by atoms with Gasteiger partial charge in [0.1, 0.15) is 0 Å². The summed E-state index contributed by atoms with van der Waals surface area (Å²) in [5, 5.41) is 4.67. The average molecular weight is 299 g/mol. The Labute approximate surface area is 124 Å². The van der Waals surface area contributed by atoms with E-state index < -0.39 is 11.5 Å². The van der Waals surface area contributed by atoms with Crippen LogP contribution in [0.15, 0.2) is 46.6 Å². The van der Waals surface area contributed by atoms with E-state index >= 15 is 0 Å². The zero-order valence-corrected chi connectivity index (χ0v) is 12.2. The molecule has 3 rings (SSSR count). The molecule has 0 saturated heterocycles. The van der Waals surface area contributed by atoms with Crippen LogP contribution in [0.5, 0.6) is 0 Å². The highest BCUT2D eigenvalue weighted by Gasteiger charge is 2.15. The van der Waals surface area contributed by atoms with E-state index in [9.17, 15) is 9.59 Å². The highest BCUT2D eigenvalue weighted by Crippen LogP contribution is 2.10. The van der Waals surface area contributed by atoms with Crippen LogP contribution in [0, 0.1) is 0 Å². The smallest absolute Gasteiger partial charge is 0.282 e. The van der Waals surface area contributed by atoms with Gasteiger partial charge >= 0.3 is 0 Å². The molecule has 0 bridgehead atoms. The Bertz CT molecular complexity index is 853. The van der Waals surface area contributed by atoms with Crippen molar-refractivity contribution < 1.29 is 4.79 Å². The summed E-state index contributed by atoms with van der Waals surface area (Å²) < 4.78 is 1.45. The number of hydrogen-bond acceptors (Lipinski definition) is 4. The van der Waals surface area contributed by atoms with Gasteiger partial charge < -0.3 is 9.88 Å². The molecule has 106 valence electrons. The Kier molecular flexibility index (Phi) is 3.53. The lowest BCUT2D eigenvalue weighted by atomic mass is 10.2. The lowest BCUT2D eigenvalue weighted by molar-refractivity contribution is 0.0944. The SMILES string of the molecule is Cn1c(=O)c(C(=O)NCc2cccs2)nc2ccccc21. The minimum absolute atomic E-state index is 0.0762. The molecule has 0 radical (unpaired) electrons. The number of fused-ring (bicyclic) bond motifs is 1. The quantitative estimate of drug-likeness (QED) is 0.803. The van der Waals surface area contributed by atoms with Crippen LogP contribution in [-0.2, 0) is 13.6 Å². The predicted octanol–water partition coefficient (Wildman–Crippen LogP) is 1.92. The number of amides is 1. The lowest BCUT2D eigenvalue weighted by Crippen LogP contribution is -2.33. The molecule has 0 spiro atoms. The van der Waals surface area contributed by atoms with E-state index in [0.717, 1.165) is 4.88 Å². The van der Waals surface area contributed by atoms with E-state index in [1.807, 2.05) is 29.6 Å². The lowest BCUT2D eigenvalue weighted by Gasteiger charge is -2.07. The molecule has 21 heavy (non-hydrogen) atoms. The highest BCUT2D eigenvalue weighted by atomic mass is 32.1. The Morgan fingerprint density at radius 1 is 1.29 bits per heavy atom. The number of para-hydroxylation sites is 2. The fraction of sp³-hybridized carbons (Fsp3) is 0.133. The summed E-state index contributed by atoms with van der Waals surface area (Å²) in [4.78, 5) is 29.6. The van der Waals surface area contributed by atoms with Crippen LogP contribution in [0.3, 0.4) is 0 Å². The van der Waals surface area contributed by atoms with E-state index in [4.69, 9.17) is 0 Å². The molecule has 6 heteroatoms. The second-order valence-electron chi connectivity index (χ2n) is 4.58. The van der Waals surface area contributed by atoms with Crippen molar-refractivity contribution in [1.82, 2.24) is 14.9 Å². The molecule has 0 unspecified atom stereocenters. The Hall–Kier alpha value is -2.47. The number of aromatic nitrogens is 2. The molecule has 0 atom stereocenters. The topological polar surface area (TPSA) is 64.0 Å². The van der Waals surface area contributed by atoms with Crippen LogP contribution in [-0.4, -0.2) is 15.5 Å². The number of nitrogens with one attached hydrogen (secondary N) is 1. The molecule has 1 amide bonds. The van der Waals surface area contributed by atoms with Crippen LogP contribution in [0.2, 0.25) is 0 Å². The van der Waals surface area contributed by atoms with Gasteiger partial charge in [-0.1, -0.05) is 18.2 Å². The van der Waals surface area contributed by atoms with Gasteiger partial charge in [0.2, 0.25) is 0 Å². The second-order valence-corrected chi connectivity index (χ2v) is 5.61. The molecule has 5 nitrogen and oxygen atoms in total. The first-order chi connectivity index (χ1) is 10.2. The van der Waals surface area contributed by atoms with E-state index in [2.05, 4.69) is 10.3 Å². The number of carbonyl (C=O) groups is 1. The summed E-state index contributed by atoms with van der Waals surface area (Å²) >= 11 is 1.55. The van der Waals surface area contributed by atoms with Crippen molar-refractivity contribution in [3.8, 4) is 0 Å². The minimum Gasteiger partial charge on any atom is -0.346 e. The summed E-state index contributed by atoms with van der Waals surface area (Å²) in [5.74, 6) is -0.449. The normalized spacial score (nSPS) is 10.7. The molecule has 1 aromatic carbocycles. The fourth-order valence-electron chi connectivity index (χ4n) is 2.09. The van der Waals surface area contributed by atoms with Gasteiger partial charge in [-0.2, -0.15) is 0 Å². The van der Waals surface area contributed by atoms with Crippen LogP contribution in [0.4, 0.5) is 0 Å². The molecule has 1 N–H and O–H groups in total. The molecule has 0 fully saturated rings. The summed E-state index contributed by atoms with van der Waals surface area (Å²) in [5.41, 5.74) is 0.864. The Morgan fingerprint density at radius 2 is 2.10 bits per heavy atom. The van der Waals surface area contributed by atoms with Gasteiger partial charge in [0.15, 0.2) is 5.69 Å². The average Bonchev–Trinajstić information content (AvgIpc) is 3.02. The van der Waals surface area contributed by atoms with E-state index in [1.54, 1.807) is 30.5 Å². The van der Waals surface area contributed by atoms with Crippen LogP contribution in [0.1, 0.15) is 15.4 Å². The molecule has 2 aromatic heterocycles. The minimum atomic E-state index is -0.449. The molecular weight excluding hydrogens is 286 g/mol. The van der Waals surface area contributed by atoms with E-state index in [0.29, 0.717) is 17.6 Å².